The molecule has 2 aromatic rings. The maximum atomic E-state index is 11.8. The van der Waals surface area contributed by atoms with Crippen LogP contribution in [-0.4, -0.2) is 9.55 Å². The second kappa shape index (κ2) is 5.34. The quantitative estimate of drug-likeness (QED) is 0.853. The van der Waals surface area contributed by atoms with E-state index < -0.39 is 0 Å². The highest BCUT2D eigenvalue weighted by molar-refractivity contribution is 9.10. The number of aromatic nitrogens is 2. The monoisotopic (exact) mass is 323 g/mol. The van der Waals surface area contributed by atoms with Gasteiger partial charge in [-0.15, -0.1) is 0 Å². The molecule has 1 aromatic carbocycles. The van der Waals surface area contributed by atoms with E-state index in [1.807, 2.05) is 6.07 Å². The van der Waals surface area contributed by atoms with Crippen LogP contribution in [-0.2, 0) is 6.54 Å². The van der Waals surface area contributed by atoms with Crippen LogP contribution in [0.3, 0.4) is 0 Å². The molecule has 4 nitrogen and oxygen atoms in total. The molecule has 90 valence electrons. The Morgan fingerprint density at radius 3 is 2.94 bits per heavy atom. The van der Waals surface area contributed by atoms with Gasteiger partial charge in [0.15, 0.2) is 0 Å². The highest BCUT2D eigenvalue weighted by Crippen LogP contribution is 2.18. The van der Waals surface area contributed by atoms with Crippen molar-refractivity contribution in [1.29, 1.82) is 5.26 Å². The summed E-state index contributed by atoms with van der Waals surface area (Å²) in [5.74, 6) is 0. The molecule has 18 heavy (non-hydrogen) atoms. The van der Waals surface area contributed by atoms with Crippen molar-refractivity contribution in [3.8, 4) is 6.07 Å². The zero-order chi connectivity index (χ0) is 13.1. The highest BCUT2D eigenvalue weighted by atomic mass is 79.9. The van der Waals surface area contributed by atoms with Gasteiger partial charge in [-0.1, -0.05) is 17.7 Å². The van der Waals surface area contributed by atoms with Gasteiger partial charge in [-0.05, 0) is 33.6 Å². The van der Waals surface area contributed by atoms with Crippen molar-refractivity contribution in [2.75, 3.05) is 0 Å². The van der Waals surface area contributed by atoms with Crippen LogP contribution in [0.5, 0.6) is 0 Å². The van der Waals surface area contributed by atoms with Gasteiger partial charge >= 0.3 is 0 Å². The molecule has 0 fully saturated rings. The van der Waals surface area contributed by atoms with Crippen molar-refractivity contribution in [3.05, 3.63) is 61.7 Å². The van der Waals surface area contributed by atoms with Crippen molar-refractivity contribution >= 4 is 27.5 Å². The lowest BCUT2D eigenvalue weighted by Crippen LogP contribution is -2.21. The van der Waals surface area contributed by atoms with Crippen LogP contribution in [0.2, 0.25) is 5.02 Å². The summed E-state index contributed by atoms with van der Waals surface area (Å²) in [4.78, 5) is 15.7. The summed E-state index contributed by atoms with van der Waals surface area (Å²) in [5.41, 5.74) is 1.08. The molecule has 1 aromatic heterocycles. The lowest BCUT2D eigenvalue weighted by atomic mass is 10.1. The summed E-state index contributed by atoms with van der Waals surface area (Å²) in [6, 6.07) is 6.98. The molecule has 0 atom stereocenters. The zero-order valence-electron chi connectivity index (χ0n) is 9.10. The molecule has 0 spiro atoms. The fraction of sp³-hybridized carbons (Fsp3) is 0.0833. The number of halogens is 2. The zero-order valence-corrected chi connectivity index (χ0v) is 11.4. The predicted octanol–water partition coefficient (Wildman–Crippen LogP) is 2.58. The maximum Gasteiger partial charge on any atom is 0.267 e. The van der Waals surface area contributed by atoms with Crippen LogP contribution in [0.15, 0.2) is 40.0 Å². The van der Waals surface area contributed by atoms with Crippen molar-refractivity contribution in [2.45, 2.75) is 6.54 Å². The van der Waals surface area contributed by atoms with Gasteiger partial charge in [0.05, 0.1) is 24.5 Å². The average Bonchev–Trinajstić information content (AvgIpc) is 2.37. The Kier molecular flexibility index (Phi) is 3.80. The fourth-order valence-corrected chi connectivity index (χ4v) is 2.05. The summed E-state index contributed by atoms with van der Waals surface area (Å²) in [5, 5.41) is 9.20. The summed E-state index contributed by atoms with van der Waals surface area (Å²) in [7, 11) is 0. The van der Waals surface area contributed by atoms with Crippen molar-refractivity contribution in [3.63, 3.8) is 0 Å². The molecule has 1 heterocycles. The number of benzene rings is 1. The summed E-state index contributed by atoms with van der Waals surface area (Å²) in [6.45, 7) is 0.315. The molecular formula is C12H7BrClN3O. The number of hydrogen-bond acceptors (Lipinski definition) is 3. The minimum absolute atomic E-state index is 0.176. The number of rotatable bonds is 2. The molecule has 0 saturated heterocycles. The molecule has 6 heteroatoms. The van der Waals surface area contributed by atoms with Crippen molar-refractivity contribution in [2.24, 2.45) is 0 Å². The van der Waals surface area contributed by atoms with E-state index in [-0.39, 0.29) is 5.56 Å². The largest absolute Gasteiger partial charge is 0.294 e. The van der Waals surface area contributed by atoms with Crippen molar-refractivity contribution < 1.29 is 0 Å². The molecule has 0 radical (unpaired) electrons. The summed E-state index contributed by atoms with van der Waals surface area (Å²) >= 11 is 9.18. The van der Waals surface area contributed by atoms with Crippen LogP contribution in [0, 0.1) is 11.3 Å². The number of nitrogens with zero attached hydrogens (tertiary/aromatic N) is 3. The van der Waals surface area contributed by atoms with Crippen LogP contribution < -0.4 is 5.56 Å². The van der Waals surface area contributed by atoms with Crippen LogP contribution in [0.4, 0.5) is 0 Å². The minimum Gasteiger partial charge on any atom is -0.294 e. The standard InChI is InChI=1S/C12H7BrClN3O/c13-10-5-16-7-17(12(10)18)6-9-2-1-8(4-15)3-11(9)14/h1-3,5,7H,6H2. The first-order chi connectivity index (χ1) is 8.61. The Hall–Kier alpha value is -1.64. The van der Waals surface area contributed by atoms with Gasteiger partial charge in [-0.3, -0.25) is 9.36 Å². The fourth-order valence-electron chi connectivity index (χ4n) is 1.47. The Labute approximate surface area is 117 Å². The lowest BCUT2D eigenvalue weighted by molar-refractivity contribution is 0.731. The Balaban J connectivity index is 2.38. The van der Waals surface area contributed by atoms with Gasteiger partial charge < -0.3 is 0 Å². The van der Waals surface area contributed by atoms with E-state index in [1.54, 1.807) is 18.2 Å². The first kappa shape index (κ1) is 12.8. The first-order valence-corrected chi connectivity index (χ1v) is 6.17. The first-order valence-electron chi connectivity index (χ1n) is 5.00. The Morgan fingerprint density at radius 2 is 2.28 bits per heavy atom. The molecule has 0 bridgehead atoms. The predicted molar refractivity (Wildman–Crippen MR) is 71.5 cm³/mol. The Bertz CT molecular complexity index is 690. The second-order valence-corrected chi connectivity index (χ2v) is 4.85. The van der Waals surface area contributed by atoms with Gasteiger partial charge in [0.1, 0.15) is 4.47 Å². The second-order valence-electron chi connectivity index (χ2n) is 3.59. The van der Waals surface area contributed by atoms with E-state index in [4.69, 9.17) is 16.9 Å². The van der Waals surface area contributed by atoms with E-state index >= 15 is 0 Å². The molecule has 0 aliphatic carbocycles. The molecule has 0 aliphatic heterocycles. The SMILES string of the molecule is N#Cc1ccc(Cn2cncc(Br)c2=O)c(Cl)c1. The van der Waals surface area contributed by atoms with E-state index in [1.165, 1.54) is 17.1 Å². The minimum atomic E-state index is -0.176. The van der Waals surface area contributed by atoms with Crippen molar-refractivity contribution in [1.82, 2.24) is 9.55 Å². The average molecular weight is 325 g/mol. The maximum absolute atomic E-state index is 11.8. The third-order valence-corrected chi connectivity index (χ3v) is 3.28. The van der Waals surface area contributed by atoms with Gasteiger partial charge in [-0.25, -0.2) is 4.98 Å². The summed E-state index contributed by atoms with van der Waals surface area (Å²) in [6.07, 6.45) is 2.89. The normalized spacial score (nSPS) is 10.1. The van der Waals surface area contributed by atoms with E-state index in [2.05, 4.69) is 20.9 Å². The number of hydrogen-bond donors (Lipinski definition) is 0. The Morgan fingerprint density at radius 1 is 1.50 bits per heavy atom. The topological polar surface area (TPSA) is 58.7 Å². The van der Waals surface area contributed by atoms with Crippen LogP contribution in [0.25, 0.3) is 0 Å². The van der Waals surface area contributed by atoms with E-state index in [0.717, 1.165) is 5.56 Å². The smallest absolute Gasteiger partial charge is 0.267 e. The lowest BCUT2D eigenvalue weighted by Gasteiger charge is -2.07. The number of nitriles is 1. The molecule has 0 unspecified atom stereocenters. The highest BCUT2D eigenvalue weighted by Gasteiger charge is 2.06. The third kappa shape index (κ3) is 2.61. The van der Waals surface area contributed by atoms with E-state index in [9.17, 15) is 4.79 Å². The molecular weight excluding hydrogens is 318 g/mol. The van der Waals surface area contributed by atoms with Gasteiger partial charge in [0, 0.05) is 11.2 Å². The molecule has 0 amide bonds. The molecule has 0 saturated carbocycles. The van der Waals surface area contributed by atoms with Crippen LogP contribution in [0.1, 0.15) is 11.1 Å². The summed E-state index contributed by atoms with van der Waals surface area (Å²) < 4.78 is 1.84. The molecule has 0 aliphatic rings. The molecule has 2 rings (SSSR count). The molecule has 0 N–H and O–H groups in total. The van der Waals surface area contributed by atoms with E-state index in [0.29, 0.717) is 21.6 Å². The third-order valence-electron chi connectivity index (χ3n) is 2.38. The van der Waals surface area contributed by atoms with Gasteiger partial charge in [-0.2, -0.15) is 5.26 Å². The van der Waals surface area contributed by atoms with Crippen LogP contribution >= 0.6 is 27.5 Å². The van der Waals surface area contributed by atoms with Gasteiger partial charge in [0.2, 0.25) is 0 Å². The van der Waals surface area contributed by atoms with Gasteiger partial charge in [0.25, 0.3) is 5.56 Å².